The van der Waals surface area contributed by atoms with Gasteiger partial charge in [0.25, 0.3) is 0 Å². The number of hydrogen-bond acceptors (Lipinski definition) is 1. The Bertz CT molecular complexity index is 575. The molecule has 0 aromatic heterocycles. The fourth-order valence-electron chi connectivity index (χ4n) is 2.30. The highest BCUT2D eigenvalue weighted by molar-refractivity contribution is 9.10. The lowest BCUT2D eigenvalue weighted by Crippen LogP contribution is -2.03. The maximum Gasteiger partial charge on any atom is 0.0845 e. The summed E-state index contributed by atoms with van der Waals surface area (Å²) in [6, 6.07) is 11.9. The van der Waals surface area contributed by atoms with Gasteiger partial charge in [-0.15, -0.1) is 0 Å². The molecule has 1 N–H and O–H groups in total. The highest BCUT2D eigenvalue weighted by atomic mass is 79.9. The fraction of sp³-hybridized carbons (Fsp3) is 0.250. The van der Waals surface area contributed by atoms with Crippen LogP contribution < -0.4 is 0 Å². The molecule has 0 aliphatic rings. The molecule has 0 aliphatic carbocycles. The molecule has 1 unspecified atom stereocenters. The summed E-state index contributed by atoms with van der Waals surface area (Å²) in [4.78, 5) is 0. The Morgan fingerprint density at radius 1 is 1.16 bits per heavy atom. The molecule has 0 radical (unpaired) electrons. The predicted molar refractivity (Wildman–Crippen MR) is 83.7 cm³/mol. The van der Waals surface area contributed by atoms with Crippen molar-refractivity contribution in [3.05, 3.63) is 68.1 Å². The monoisotopic (exact) mass is 338 g/mol. The van der Waals surface area contributed by atoms with Crippen LogP contribution >= 0.6 is 27.5 Å². The molecule has 100 valence electrons. The van der Waals surface area contributed by atoms with Crippen LogP contribution in [0.4, 0.5) is 0 Å². The van der Waals surface area contributed by atoms with Crippen molar-refractivity contribution in [1.29, 1.82) is 0 Å². The normalized spacial score (nSPS) is 12.5. The van der Waals surface area contributed by atoms with E-state index in [4.69, 9.17) is 11.6 Å². The Labute approximate surface area is 127 Å². The van der Waals surface area contributed by atoms with Crippen LogP contribution in [0, 0.1) is 13.8 Å². The van der Waals surface area contributed by atoms with Gasteiger partial charge < -0.3 is 5.11 Å². The summed E-state index contributed by atoms with van der Waals surface area (Å²) in [6.45, 7) is 4.13. The molecule has 19 heavy (non-hydrogen) atoms. The van der Waals surface area contributed by atoms with Crippen molar-refractivity contribution in [2.75, 3.05) is 0 Å². The number of aliphatic hydroxyl groups is 1. The first-order valence-corrected chi connectivity index (χ1v) is 7.33. The zero-order valence-corrected chi connectivity index (χ0v) is 13.3. The SMILES string of the molecule is Cc1cc(C)cc(CC(O)c2cccc(Br)c2Cl)c1. The van der Waals surface area contributed by atoms with Crippen molar-refractivity contribution in [1.82, 2.24) is 0 Å². The van der Waals surface area contributed by atoms with Crippen molar-refractivity contribution in [3.63, 3.8) is 0 Å². The summed E-state index contributed by atoms with van der Waals surface area (Å²) < 4.78 is 0.811. The topological polar surface area (TPSA) is 20.2 Å². The quantitative estimate of drug-likeness (QED) is 0.834. The Balaban J connectivity index is 2.25. The lowest BCUT2D eigenvalue weighted by Gasteiger charge is -2.14. The number of halogens is 2. The molecule has 0 saturated carbocycles. The maximum absolute atomic E-state index is 10.4. The lowest BCUT2D eigenvalue weighted by atomic mass is 9.98. The summed E-state index contributed by atoms with van der Waals surface area (Å²) in [5.41, 5.74) is 4.31. The average molecular weight is 340 g/mol. The molecule has 0 heterocycles. The molecule has 3 heteroatoms. The van der Waals surface area contributed by atoms with Gasteiger partial charge in [0.15, 0.2) is 0 Å². The van der Waals surface area contributed by atoms with Gasteiger partial charge in [-0.3, -0.25) is 0 Å². The van der Waals surface area contributed by atoms with Crippen LogP contribution in [0.25, 0.3) is 0 Å². The predicted octanol–water partition coefficient (Wildman–Crippen LogP) is 5.00. The number of aryl methyl sites for hydroxylation is 2. The van der Waals surface area contributed by atoms with Gasteiger partial charge in [0.1, 0.15) is 0 Å². The van der Waals surface area contributed by atoms with Gasteiger partial charge in [0, 0.05) is 16.5 Å². The van der Waals surface area contributed by atoms with Crippen molar-refractivity contribution >= 4 is 27.5 Å². The first kappa shape index (κ1) is 14.6. The van der Waals surface area contributed by atoms with Crippen LogP contribution in [0.2, 0.25) is 5.02 Å². The zero-order chi connectivity index (χ0) is 14.0. The van der Waals surface area contributed by atoms with E-state index in [1.165, 1.54) is 11.1 Å². The third-order valence-corrected chi connectivity index (χ3v) is 4.36. The summed E-state index contributed by atoms with van der Waals surface area (Å²) in [6.07, 6.45) is -0.0233. The molecule has 0 amide bonds. The molecule has 2 aromatic carbocycles. The van der Waals surface area contributed by atoms with Gasteiger partial charge in [-0.2, -0.15) is 0 Å². The molecule has 0 fully saturated rings. The van der Waals surface area contributed by atoms with Gasteiger partial charge in [0.05, 0.1) is 11.1 Å². The second-order valence-corrected chi connectivity index (χ2v) is 6.09. The van der Waals surface area contributed by atoms with E-state index in [0.29, 0.717) is 11.4 Å². The van der Waals surface area contributed by atoms with Gasteiger partial charge in [-0.05, 0) is 41.4 Å². The largest absolute Gasteiger partial charge is 0.388 e. The van der Waals surface area contributed by atoms with E-state index in [1.807, 2.05) is 18.2 Å². The molecule has 0 aliphatic heterocycles. The van der Waals surface area contributed by atoms with E-state index in [0.717, 1.165) is 15.6 Å². The molecule has 0 spiro atoms. The molecule has 2 aromatic rings. The third-order valence-electron chi connectivity index (χ3n) is 3.05. The molecule has 1 nitrogen and oxygen atoms in total. The van der Waals surface area contributed by atoms with Gasteiger partial charge in [0.2, 0.25) is 0 Å². The first-order chi connectivity index (χ1) is 8.97. The Morgan fingerprint density at radius 2 is 1.79 bits per heavy atom. The summed E-state index contributed by atoms with van der Waals surface area (Å²) >= 11 is 9.59. The van der Waals surface area contributed by atoms with Crippen molar-refractivity contribution in [2.45, 2.75) is 26.4 Å². The Kier molecular flexibility index (Phi) is 4.67. The molecule has 0 saturated heterocycles. The number of rotatable bonds is 3. The van der Waals surface area contributed by atoms with Crippen LogP contribution in [0.1, 0.15) is 28.4 Å². The van der Waals surface area contributed by atoms with Crippen LogP contribution in [0.5, 0.6) is 0 Å². The fourth-order valence-corrected chi connectivity index (χ4v) is 2.93. The van der Waals surface area contributed by atoms with E-state index >= 15 is 0 Å². The lowest BCUT2D eigenvalue weighted by molar-refractivity contribution is 0.178. The standard InChI is InChI=1S/C16H16BrClO/c1-10-6-11(2)8-12(7-10)9-15(19)13-4-3-5-14(17)16(13)18/h3-8,15,19H,9H2,1-2H3. The summed E-state index contributed by atoms with van der Waals surface area (Å²) in [5.74, 6) is 0. The van der Waals surface area contributed by atoms with Crippen molar-refractivity contribution < 1.29 is 5.11 Å². The van der Waals surface area contributed by atoms with Crippen molar-refractivity contribution in [2.24, 2.45) is 0 Å². The number of benzene rings is 2. The molecule has 0 bridgehead atoms. The van der Waals surface area contributed by atoms with Crippen LogP contribution in [-0.4, -0.2) is 5.11 Å². The second kappa shape index (κ2) is 6.08. The number of aliphatic hydroxyl groups excluding tert-OH is 1. The van der Waals surface area contributed by atoms with E-state index in [2.05, 4.69) is 48.0 Å². The second-order valence-electron chi connectivity index (χ2n) is 4.86. The molecule has 2 rings (SSSR count). The number of hydrogen-bond donors (Lipinski definition) is 1. The van der Waals surface area contributed by atoms with Gasteiger partial charge in [-0.1, -0.05) is 53.1 Å². The minimum atomic E-state index is -0.591. The summed E-state index contributed by atoms with van der Waals surface area (Å²) in [7, 11) is 0. The summed E-state index contributed by atoms with van der Waals surface area (Å²) in [5, 5.41) is 10.9. The van der Waals surface area contributed by atoms with E-state index in [-0.39, 0.29) is 0 Å². The minimum absolute atomic E-state index is 0.568. The maximum atomic E-state index is 10.4. The van der Waals surface area contributed by atoms with E-state index in [1.54, 1.807) is 0 Å². The molecular weight excluding hydrogens is 324 g/mol. The van der Waals surface area contributed by atoms with Gasteiger partial charge in [-0.25, -0.2) is 0 Å². The van der Waals surface area contributed by atoms with Crippen molar-refractivity contribution in [3.8, 4) is 0 Å². The van der Waals surface area contributed by atoms with E-state index < -0.39 is 6.10 Å². The first-order valence-electron chi connectivity index (χ1n) is 6.16. The zero-order valence-electron chi connectivity index (χ0n) is 11.0. The van der Waals surface area contributed by atoms with Crippen LogP contribution in [0.15, 0.2) is 40.9 Å². The minimum Gasteiger partial charge on any atom is -0.388 e. The molecular formula is C16H16BrClO. The third kappa shape index (κ3) is 3.59. The average Bonchev–Trinajstić information content (AvgIpc) is 2.31. The smallest absolute Gasteiger partial charge is 0.0845 e. The highest BCUT2D eigenvalue weighted by Crippen LogP contribution is 2.31. The Morgan fingerprint density at radius 3 is 2.42 bits per heavy atom. The highest BCUT2D eigenvalue weighted by Gasteiger charge is 2.14. The van der Waals surface area contributed by atoms with Crippen LogP contribution in [-0.2, 0) is 6.42 Å². The van der Waals surface area contributed by atoms with E-state index in [9.17, 15) is 5.11 Å². The molecule has 1 atom stereocenters. The Hall–Kier alpha value is -0.830. The van der Waals surface area contributed by atoms with Crippen LogP contribution in [0.3, 0.4) is 0 Å². The van der Waals surface area contributed by atoms with Gasteiger partial charge >= 0.3 is 0 Å².